The second-order valence-electron chi connectivity index (χ2n) is 10.5. The van der Waals surface area contributed by atoms with E-state index >= 15 is 0 Å². The van der Waals surface area contributed by atoms with Crippen molar-refractivity contribution >= 4 is 47.0 Å². The van der Waals surface area contributed by atoms with Gasteiger partial charge in [0, 0.05) is 21.2 Å². The first-order chi connectivity index (χ1) is 18.9. The Labute approximate surface area is 242 Å². The number of fused-ring (bicyclic) bond motifs is 1. The Balaban J connectivity index is 1.62. The molecular formula is C30H31ClFN3O4S. The van der Waals surface area contributed by atoms with Crippen LogP contribution in [-0.4, -0.2) is 35.3 Å². The topological polar surface area (TPSA) is 87.7 Å². The van der Waals surface area contributed by atoms with Crippen molar-refractivity contribution in [3.8, 4) is 0 Å². The number of carbonyl (C=O) groups excluding carboxylic acids is 3. The van der Waals surface area contributed by atoms with Gasteiger partial charge in [0.1, 0.15) is 17.5 Å². The molecule has 0 spiro atoms. The molecule has 1 aliphatic heterocycles. The van der Waals surface area contributed by atoms with Crippen molar-refractivity contribution < 1.29 is 23.5 Å². The van der Waals surface area contributed by atoms with Crippen LogP contribution in [0.5, 0.6) is 0 Å². The first-order valence-corrected chi connectivity index (χ1v) is 14.1. The predicted molar refractivity (Wildman–Crippen MR) is 155 cm³/mol. The van der Waals surface area contributed by atoms with E-state index in [1.165, 1.54) is 23.9 Å². The maximum atomic E-state index is 13.8. The number of thioether (sulfide) groups is 1. The van der Waals surface area contributed by atoms with Crippen LogP contribution in [0.2, 0.25) is 5.02 Å². The van der Waals surface area contributed by atoms with Gasteiger partial charge >= 0.3 is 6.09 Å². The molecule has 2 atom stereocenters. The van der Waals surface area contributed by atoms with Crippen LogP contribution in [0.4, 0.5) is 14.9 Å². The van der Waals surface area contributed by atoms with Crippen molar-refractivity contribution in [2.45, 2.75) is 56.8 Å². The van der Waals surface area contributed by atoms with Crippen LogP contribution in [0.25, 0.3) is 0 Å². The summed E-state index contributed by atoms with van der Waals surface area (Å²) in [6, 6.07) is 17.0. The van der Waals surface area contributed by atoms with E-state index in [0.717, 1.165) is 16.0 Å². The lowest BCUT2D eigenvalue weighted by Crippen LogP contribution is -2.50. The maximum absolute atomic E-state index is 13.8. The fourth-order valence-electron chi connectivity index (χ4n) is 4.15. The number of halogens is 2. The van der Waals surface area contributed by atoms with Gasteiger partial charge in [0.25, 0.3) is 11.8 Å². The molecule has 1 aliphatic rings. The Bertz CT molecular complexity index is 1390. The number of benzene rings is 3. The summed E-state index contributed by atoms with van der Waals surface area (Å²) in [6.45, 7) is 7.27. The number of rotatable bonds is 6. The Hall–Kier alpha value is -3.56. The van der Waals surface area contributed by atoms with E-state index in [1.54, 1.807) is 68.1 Å². The molecule has 3 aromatic rings. The summed E-state index contributed by atoms with van der Waals surface area (Å²) in [4.78, 5) is 41.9. The molecule has 0 aromatic heterocycles. The molecule has 3 aromatic carbocycles. The Morgan fingerprint density at radius 3 is 2.42 bits per heavy atom. The standard InChI is InChI=1S/C30H31ClFN3O4S/c1-18(20-7-12-23(32)13-8-20)33-27(36)21-9-14-26-25(15-21)35(16-19-5-10-22(31)11-6-19)28(37)24(17-40-26)34-29(38)39-30(2,3)4/h5-15,18,24H,16-17H2,1-4H3,(H,33,36)(H,34,38)/t18-,24-/m0/s1. The fourth-order valence-corrected chi connectivity index (χ4v) is 5.33. The van der Waals surface area contributed by atoms with Crippen molar-refractivity contribution in [1.82, 2.24) is 10.6 Å². The van der Waals surface area contributed by atoms with Crippen LogP contribution < -0.4 is 15.5 Å². The molecule has 210 valence electrons. The Morgan fingerprint density at radius 2 is 1.77 bits per heavy atom. The lowest BCUT2D eigenvalue weighted by Gasteiger charge is -2.27. The van der Waals surface area contributed by atoms with Crippen molar-refractivity contribution in [3.63, 3.8) is 0 Å². The molecule has 1 heterocycles. The highest BCUT2D eigenvalue weighted by atomic mass is 35.5. The van der Waals surface area contributed by atoms with E-state index in [1.807, 2.05) is 19.1 Å². The average Bonchev–Trinajstić information content (AvgIpc) is 3.01. The third-order valence-corrected chi connectivity index (χ3v) is 7.55. The van der Waals surface area contributed by atoms with Crippen LogP contribution in [-0.2, 0) is 16.1 Å². The molecule has 0 unspecified atom stereocenters. The minimum atomic E-state index is -0.852. The predicted octanol–water partition coefficient (Wildman–Crippen LogP) is 6.50. The smallest absolute Gasteiger partial charge is 0.408 e. The molecule has 0 fully saturated rings. The van der Waals surface area contributed by atoms with E-state index in [0.29, 0.717) is 16.3 Å². The second-order valence-corrected chi connectivity index (χ2v) is 12.0. The SMILES string of the molecule is C[C@H](NC(=O)c1ccc2c(c1)N(Cc1ccc(Cl)cc1)C(=O)[C@@H](NC(=O)OC(C)(C)C)CS2)c1ccc(F)cc1. The second kappa shape index (κ2) is 12.3. The Kier molecular flexibility index (Phi) is 9.05. The van der Waals surface area contributed by atoms with Gasteiger partial charge in [-0.15, -0.1) is 11.8 Å². The van der Waals surface area contributed by atoms with Gasteiger partial charge in [-0.05, 0) is 81.3 Å². The summed E-state index contributed by atoms with van der Waals surface area (Å²) in [5.74, 6) is -0.731. The minimum absolute atomic E-state index is 0.202. The van der Waals surface area contributed by atoms with Gasteiger partial charge in [-0.2, -0.15) is 0 Å². The third kappa shape index (κ3) is 7.55. The third-order valence-electron chi connectivity index (χ3n) is 6.14. The molecule has 0 radical (unpaired) electrons. The van der Waals surface area contributed by atoms with E-state index in [4.69, 9.17) is 16.3 Å². The van der Waals surface area contributed by atoms with Crippen LogP contribution in [0.3, 0.4) is 0 Å². The minimum Gasteiger partial charge on any atom is -0.444 e. The number of amides is 3. The molecule has 0 saturated carbocycles. The van der Waals surface area contributed by atoms with Gasteiger partial charge in [0.15, 0.2) is 0 Å². The molecule has 3 amide bonds. The highest BCUT2D eigenvalue weighted by Crippen LogP contribution is 2.36. The molecule has 7 nitrogen and oxygen atoms in total. The molecule has 0 aliphatic carbocycles. The van der Waals surface area contributed by atoms with Crippen LogP contribution in [0.1, 0.15) is 55.2 Å². The van der Waals surface area contributed by atoms with Crippen LogP contribution >= 0.6 is 23.4 Å². The highest BCUT2D eigenvalue weighted by molar-refractivity contribution is 7.99. The molecule has 4 rings (SSSR count). The van der Waals surface area contributed by atoms with Crippen molar-refractivity contribution in [2.75, 3.05) is 10.7 Å². The number of carbonyl (C=O) groups is 3. The summed E-state index contributed by atoms with van der Waals surface area (Å²) < 4.78 is 18.7. The summed E-state index contributed by atoms with van der Waals surface area (Å²) in [7, 11) is 0. The van der Waals surface area contributed by atoms with Crippen LogP contribution in [0, 0.1) is 5.82 Å². The highest BCUT2D eigenvalue weighted by Gasteiger charge is 2.33. The molecule has 0 bridgehead atoms. The van der Waals surface area contributed by atoms with Gasteiger partial charge in [-0.25, -0.2) is 9.18 Å². The van der Waals surface area contributed by atoms with Crippen LogP contribution in [0.15, 0.2) is 71.6 Å². The van der Waals surface area contributed by atoms with Gasteiger partial charge < -0.3 is 20.3 Å². The fraction of sp³-hybridized carbons (Fsp3) is 0.300. The summed E-state index contributed by atoms with van der Waals surface area (Å²) in [5, 5.41) is 6.21. The number of hydrogen-bond acceptors (Lipinski definition) is 5. The maximum Gasteiger partial charge on any atom is 0.408 e. The lowest BCUT2D eigenvalue weighted by molar-refractivity contribution is -0.120. The van der Waals surface area contributed by atoms with E-state index in [-0.39, 0.29) is 36.0 Å². The largest absolute Gasteiger partial charge is 0.444 e. The zero-order valence-corrected chi connectivity index (χ0v) is 24.2. The number of nitrogens with zero attached hydrogens (tertiary/aromatic N) is 1. The van der Waals surface area contributed by atoms with Gasteiger partial charge in [-0.3, -0.25) is 9.59 Å². The zero-order valence-electron chi connectivity index (χ0n) is 22.7. The van der Waals surface area contributed by atoms with Crippen molar-refractivity contribution in [2.24, 2.45) is 0 Å². The van der Waals surface area contributed by atoms with Gasteiger partial charge in [0.05, 0.1) is 18.3 Å². The Morgan fingerprint density at radius 1 is 1.10 bits per heavy atom. The first kappa shape index (κ1) is 29.4. The number of nitrogens with one attached hydrogen (secondary N) is 2. The number of alkyl carbamates (subject to hydrolysis) is 1. The summed E-state index contributed by atoms with van der Waals surface area (Å²) >= 11 is 7.47. The lowest BCUT2D eigenvalue weighted by atomic mass is 10.1. The number of anilines is 1. The average molecular weight is 584 g/mol. The zero-order chi connectivity index (χ0) is 29.0. The quantitative estimate of drug-likeness (QED) is 0.346. The normalized spacial score (nSPS) is 16.0. The van der Waals surface area contributed by atoms with E-state index < -0.39 is 17.7 Å². The van der Waals surface area contributed by atoms with Crippen molar-refractivity contribution in [1.29, 1.82) is 0 Å². The summed E-state index contributed by atoms with van der Waals surface area (Å²) in [5.41, 5.74) is 1.79. The first-order valence-electron chi connectivity index (χ1n) is 12.8. The van der Waals surface area contributed by atoms with Gasteiger partial charge in [0.2, 0.25) is 0 Å². The monoisotopic (exact) mass is 583 g/mol. The molecule has 0 saturated heterocycles. The van der Waals surface area contributed by atoms with E-state index in [9.17, 15) is 18.8 Å². The molecule has 40 heavy (non-hydrogen) atoms. The summed E-state index contributed by atoms with van der Waals surface area (Å²) in [6.07, 6.45) is -0.682. The number of hydrogen-bond donors (Lipinski definition) is 2. The van der Waals surface area contributed by atoms with Gasteiger partial charge in [-0.1, -0.05) is 35.9 Å². The number of ether oxygens (including phenoxy) is 1. The molecule has 2 N–H and O–H groups in total. The molecular weight excluding hydrogens is 553 g/mol. The molecule has 10 heteroatoms. The van der Waals surface area contributed by atoms with E-state index in [2.05, 4.69) is 10.6 Å². The van der Waals surface area contributed by atoms with Crippen molar-refractivity contribution in [3.05, 3.63) is 94.3 Å².